The zero-order chi connectivity index (χ0) is 15.0. The van der Waals surface area contributed by atoms with Crippen LogP contribution >= 0.6 is 0 Å². The molecule has 0 atom stereocenters. The van der Waals surface area contributed by atoms with Gasteiger partial charge in [0.2, 0.25) is 0 Å². The van der Waals surface area contributed by atoms with Gasteiger partial charge in [-0.15, -0.1) is 0 Å². The number of aliphatic carboxylic acids is 1. The van der Waals surface area contributed by atoms with Gasteiger partial charge in [-0.3, -0.25) is 4.79 Å². The Morgan fingerprint density at radius 2 is 2.10 bits per heavy atom. The number of rotatable bonds is 4. The molecule has 0 unspecified atom stereocenters. The van der Waals surface area contributed by atoms with Crippen LogP contribution in [0.1, 0.15) is 6.42 Å². The Morgan fingerprint density at radius 3 is 2.76 bits per heavy atom. The lowest BCUT2D eigenvalue weighted by Gasteiger charge is -2.05. The first-order valence-electron chi connectivity index (χ1n) is 5.99. The summed E-state index contributed by atoms with van der Waals surface area (Å²) in [6.45, 7) is 0.0547. The summed E-state index contributed by atoms with van der Waals surface area (Å²) in [6, 6.07) is 1.95. The van der Waals surface area contributed by atoms with Gasteiger partial charge in [-0.2, -0.15) is 15.4 Å². The standard InChI is InChI=1S/C12H9F2N5O2/c13-6-3-8-10(4-7(6)14)19(2-1-11(20)21)12(16-8)9-5-15-18-17-9/h3-5H,1-2H2,(H,20,21)(H,15,17,18). The highest BCUT2D eigenvalue weighted by atomic mass is 19.2. The van der Waals surface area contributed by atoms with Crippen molar-refractivity contribution in [2.75, 3.05) is 0 Å². The quantitative estimate of drug-likeness (QED) is 0.761. The van der Waals surface area contributed by atoms with Crippen molar-refractivity contribution in [3.05, 3.63) is 30.0 Å². The van der Waals surface area contributed by atoms with E-state index in [-0.39, 0.29) is 18.5 Å². The number of aromatic amines is 1. The fourth-order valence-electron chi connectivity index (χ4n) is 2.06. The second-order valence-corrected chi connectivity index (χ2v) is 4.34. The minimum atomic E-state index is -1.02. The van der Waals surface area contributed by atoms with Gasteiger partial charge in [0.25, 0.3) is 0 Å². The fraction of sp³-hybridized carbons (Fsp3) is 0.167. The molecule has 21 heavy (non-hydrogen) atoms. The molecule has 7 nitrogen and oxygen atoms in total. The van der Waals surface area contributed by atoms with Crippen molar-refractivity contribution in [2.24, 2.45) is 0 Å². The van der Waals surface area contributed by atoms with E-state index in [1.807, 2.05) is 0 Å². The molecule has 0 aliphatic rings. The molecule has 1 aromatic carbocycles. The molecule has 0 bridgehead atoms. The van der Waals surface area contributed by atoms with Crippen LogP contribution in [0.5, 0.6) is 0 Å². The zero-order valence-electron chi connectivity index (χ0n) is 10.5. The zero-order valence-corrected chi connectivity index (χ0v) is 10.5. The Hall–Kier alpha value is -2.84. The number of carbonyl (C=O) groups is 1. The van der Waals surface area contributed by atoms with Crippen LogP contribution in [0.4, 0.5) is 8.78 Å². The Morgan fingerprint density at radius 1 is 1.33 bits per heavy atom. The van der Waals surface area contributed by atoms with Crippen molar-refractivity contribution in [2.45, 2.75) is 13.0 Å². The van der Waals surface area contributed by atoms with E-state index in [2.05, 4.69) is 20.4 Å². The molecule has 2 aromatic heterocycles. The van der Waals surface area contributed by atoms with Crippen LogP contribution in [0.3, 0.4) is 0 Å². The maximum atomic E-state index is 13.4. The smallest absolute Gasteiger partial charge is 0.305 e. The Bertz CT molecular complexity index is 813. The molecule has 2 heterocycles. The van der Waals surface area contributed by atoms with Crippen LogP contribution in [0, 0.1) is 11.6 Å². The van der Waals surface area contributed by atoms with E-state index < -0.39 is 17.6 Å². The molecule has 2 N–H and O–H groups in total. The molecule has 0 aliphatic carbocycles. The van der Waals surface area contributed by atoms with Crippen molar-refractivity contribution < 1.29 is 18.7 Å². The molecule has 9 heteroatoms. The maximum absolute atomic E-state index is 13.4. The summed E-state index contributed by atoms with van der Waals surface area (Å²) >= 11 is 0. The Labute approximate surface area is 116 Å². The average molecular weight is 293 g/mol. The molecule has 0 radical (unpaired) electrons. The summed E-state index contributed by atoms with van der Waals surface area (Å²) in [5, 5.41) is 18.7. The van der Waals surface area contributed by atoms with E-state index in [4.69, 9.17) is 5.11 Å². The van der Waals surface area contributed by atoms with Gasteiger partial charge < -0.3 is 9.67 Å². The molecular weight excluding hydrogens is 284 g/mol. The SMILES string of the molecule is O=C(O)CCn1c(-c2cn[nH]n2)nc2cc(F)c(F)cc21. The average Bonchev–Trinajstić information content (AvgIpc) is 3.04. The molecule has 3 aromatic rings. The molecule has 0 saturated heterocycles. The summed E-state index contributed by atoms with van der Waals surface area (Å²) in [4.78, 5) is 14.9. The van der Waals surface area contributed by atoms with Crippen molar-refractivity contribution >= 4 is 17.0 Å². The maximum Gasteiger partial charge on any atom is 0.305 e. The number of carboxylic acids is 1. The van der Waals surface area contributed by atoms with E-state index in [0.29, 0.717) is 17.0 Å². The topological polar surface area (TPSA) is 96.7 Å². The molecular formula is C12H9F2N5O2. The molecule has 0 saturated carbocycles. The van der Waals surface area contributed by atoms with Gasteiger partial charge in [0, 0.05) is 18.7 Å². The number of nitrogens with one attached hydrogen (secondary N) is 1. The fourth-order valence-corrected chi connectivity index (χ4v) is 2.06. The number of benzene rings is 1. The predicted octanol–water partition coefficient (Wildman–Crippen LogP) is 1.57. The van der Waals surface area contributed by atoms with Gasteiger partial charge in [0.1, 0.15) is 5.69 Å². The van der Waals surface area contributed by atoms with Gasteiger partial charge >= 0.3 is 5.97 Å². The lowest BCUT2D eigenvalue weighted by Crippen LogP contribution is -2.06. The molecule has 0 fully saturated rings. The second-order valence-electron chi connectivity index (χ2n) is 4.34. The predicted molar refractivity (Wildman–Crippen MR) is 67.3 cm³/mol. The normalized spacial score (nSPS) is 11.1. The summed E-state index contributed by atoms with van der Waals surface area (Å²) in [5.74, 6) is -2.75. The van der Waals surface area contributed by atoms with E-state index in [1.54, 1.807) is 0 Å². The van der Waals surface area contributed by atoms with Crippen LogP contribution < -0.4 is 0 Å². The molecule has 0 spiro atoms. The van der Waals surface area contributed by atoms with Gasteiger partial charge in [-0.05, 0) is 0 Å². The summed E-state index contributed by atoms with van der Waals surface area (Å²) in [7, 11) is 0. The third kappa shape index (κ3) is 2.33. The number of carboxylic acid groups (broad SMARTS) is 1. The molecule has 0 aliphatic heterocycles. The number of fused-ring (bicyclic) bond motifs is 1. The highest BCUT2D eigenvalue weighted by molar-refractivity contribution is 5.80. The third-order valence-electron chi connectivity index (χ3n) is 2.98. The van der Waals surface area contributed by atoms with Gasteiger partial charge in [-0.25, -0.2) is 13.8 Å². The molecule has 0 amide bonds. The first kappa shape index (κ1) is 13.2. The number of H-pyrrole nitrogens is 1. The largest absolute Gasteiger partial charge is 0.481 e. The van der Waals surface area contributed by atoms with E-state index in [1.165, 1.54) is 10.8 Å². The van der Waals surface area contributed by atoms with Crippen molar-refractivity contribution in [1.29, 1.82) is 0 Å². The molecule has 108 valence electrons. The number of imidazole rings is 1. The van der Waals surface area contributed by atoms with Crippen LogP contribution in [0.25, 0.3) is 22.6 Å². The number of aromatic nitrogens is 5. The Kier molecular flexibility index (Phi) is 3.09. The van der Waals surface area contributed by atoms with E-state index in [9.17, 15) is 13.6 Å². The minimum Gasteiger partial charge on any atom is -0.481 e. The van der Waals surface area contributed by atoms with Gasteiger partial charge in [0.15, 0.2) is 17.5 Å². The lowest BCUT2D eigenvalue weighted by atomic mass is 10.3. The lowest BCUT2D eigenvalue weighted by molar-refractivity contribution is -0.137. The Balaban J connectivity index is 2.20. The number of halogens is 2. The van der Waals surface area contributed by atoms with Crippen molar-refractivity contribution in [3.8, 4) is 11.5 Å². The number of aryl methyl sites for hydroxylation is 1. The minimum absolute atomic E-state index is 0.0547. The molecule has 3 rings (SSSR count). The number of hydrogen-bond acceptors (Lipinski definition) is 4. The third-order valence-corrected chi connectivity index (χ3v) is 2.98. The van der Waals surface area contributed by atoms with Crippen LogP contribution in [0.2, 0.25) is 0 Å². The highest BCUT2D eigenvalue weighted by Gasteiger charge is 2.17. The summed E-state index contributed by atoms with van der Waals surface area (Å²) in [5.41, 5.74) is 0.878. The van der Waals surface area contributed by atoms with Crippen LogP contribution in [0.15, 0.2) is 18.3 Å². The first-order valence-corrected chi connectivity index (χ1v) is 5.99. The second kappa shape index (κ2) is 4.93. The first-order chi connectivity index (χ1) is 10.1. The van der Waals surface area contributed by atoms with Gasteiger partial charge in [-0.1, -0.05) is 0 Å². The van der Waals surface area contributed by atoms with Crippen LogP contribution in [-0.4, -0.2) is 36.0 Å². The van der Waals surface area contributed by atoms with Crippen molar-refractivity contribution in [3.63, 3.8) is 0 Å². The van der Waals surface area contributed by atoms with E-state index >= 15 is 0 Å². The van der Waals surface area contributed by atoms with E-state index in [0.717, 1.165) is 12.1 Å². The highest BCUT2D eigenvalue weighted by Crippen LogP contribution is 2.25. The number of hydrogen-bond donors (Lipinski definition) is 2. The summed E-state index contributed by atoms with van der Waals surface area (Å²) < 4.78 is 28.2. The van der Waals surface area contributed by atoms with Crippen LogP contribution in [-0.2, 0) is 11.3 Å². The number of nitrogens with zero attached hydrogens (tertiary/aromatic N) is 4. The van der Waals surface area contributed by atoms with Gasteiger partial charge in [0.05, 0.1) is 23.7 Å². The summed E-state index contributed by atoms with van der Waals surface area (Å²) in [6.07, 6.45) is 1.21. The van der Waals surface area contributed by atoms with Crippen molar-refractivity contribution in [1.82, 2.24) is 25.0 Å². The monoisotopic (exact) mass is 293 g/mol.